The fraction of sp³-hybridized carbons (Fsp3) is 0.800. The number of hydrogen-bond donors (Lipinski definition) is 2. The average Bonchev–Trinajstić information content (AvgIpc) is 1.82. The summed E-state index contributed by atoms with van der Waals surface area (Å²) < 4.78 is 4.82. The lowest BCUT2D eigenvalue weighted by molar-refractivity contribution is -0.137. The Labute approximate surface area is 63.9 Å². The molecule has 0 bridgehead atoms. The van der Waals surface area contributed by atoms with Gasteiger partial charge < -0.3 is 15.0 Å². The van der Waals surface area contributed by atoms with Gasteiger partial charge in [0.2, 0.25) is 0 Å². The van der Waals surface area contributed by atoms with E-state index in [0.717, 1.165) is 0 Å². The summed E-state index contributed by atoms with van der Waals surface area (Å²) in [4.78, 5) is 10.0. The van der Waals surface area contributed by atoms with E-state index in [0.29, 0.717) is 0 Å². The lowest BCUT2D eigenvalue weighted by Crippen LogP contribution is -2.27. The molecule has 0 aliphatic rings. The number of nitrogens with two attached hydrogens (primary N) is 1. The van der Waals surface area contributed by atoms with Crippen LogP contribution in [-0.2, 0) is 8.98 Å². The number of hydrogen-bond acceptors (Lipinski definition) is 4. The van der Waals surface area contributed by atoms with Crippen LogP contribution in [0.25, 0.3) is 0 Å². The number of carboxylic acid groups (broad SMARTS) is 1. The van der Waals surface area contributed by atoms with Crippen LogP contribution in [0.1, 0.15) is 6.42 Å². The van der Waals surface area contributed by atoms with Gasteiger partial charge in [-0.25, -0.2) is 0 Å². The molecule has 0 aliphatic carbocycles. The van der Waals surface area contributed by atoms with Crippen LogP contribution in [0.4, 0.5) is 0 Å². The van der Waals surface area contributed by atoms with Gasteiger partial charge in [-0.3, -0.25) is 4.79 Å². The van der Waals surface area contributed by atoms with Gasteiger partial charge in [0.05, 0.1) is 13.0 Å². The first kappa shape index (κ1) is 9.74. The molecule has 0 saturated heterocycles. The first-order chi connectivity index (χ1) is 4.66. The van der Waals surface area contributed by atoms with Crippen molar-refractivity contribution in [2.24, 2.45) is 5.73 Å². The van der Waals surface area contributed by atoms with E-state index < -0.39 is 12.0 Å². The molecule has 4 nitrogen and oxygen atoms in total. The molecule has 0 aliphatic heterocycles. The monoisotopic (exact) mass is 165 g/mol. The molecule has 1 atom stereocenters. The summed E-state index contributed by atoms with van der Waals surface area (Å²) in [5, 5.41) is 8.24. The van der Waals surface area contributed by atoms with Crippen LogP contribution < -0.4 is 5.73 Å². The molecular weight excluding hydrogens is 154 g/mol. The number of carboxylic acids is 1. The Hall–Kier alpha value is -0.260. The molecule has 0 fully saturated rings. The Morgan fingerprint density at radius 3 is 2.90 bits per heavy atom. The molecule has 0 spiro atoms. The normalized spacial score (nSPS) is 13.0. The van der Waals surface area contributed by atoms with Gasteiger partial charge in [-0.2, -0.15) is 0 Å². The second-order valence-electron chi connectivity index (χ2n) is 1.81. The largest absolute Gasteiger partial charge is 0.481 e. The Balaban J connectivity index is 3.25. The summed E-state index contributed by atoms with van der Waals surface area (Å²) in [6.07, 6.45) is 1.72. The number of carbonyl (C=O) groups is 1. The molecule has 0 rings (SSSR count). The van der Waals surface area contributed by atoms with Gasteiger partial charge in [0, 0.05) is 12.3 Å². The molecule has 0 aromatic rings. The van der Waals surface area contributed by atoms with E-state index in [1.165, 1.54) is 12.0 Å². The maximum atomic E-state index is 10.0. The van der Waals surface area contributed by atoms with Crippen molar-refractivity contribution in [1.82, 2.24) is 0 Å². The third kappa shape index (κ3) is 5.87. The van der Waals surface area contributed by atoms with E-state index in [2.05, 4.69) is 0 Å². The van der Waals surface area contributed by atoms with E-state index in [1.807, 2.05) is 0 Å². The summed E-state index contributed by atoms with van der Waals surface area (Å²) in [5.41, 5.74) is 5.34. The molecule has 0 aromatic heterocycles. The molecule has 10 heavy (non-hydrogen) atoms. The summed E-state index contributed by atoms with van der Waals surface area (Å²) >= 11 is 1.18. The van der Waals surface area contributed by atoms with Crippen LogP contribution >= 0.6 is 12.0 Å². The molecule has 0 aromatic carbocycles. The third-order valence-corrected chi connectivity index (χ3v) is 1.21. The number of aliphatic carboxylic acids is 1. The van der Waals surface area contributed by atoms with Crippen molar-refractivity contribution in [3.63, 3.8) is 0 Å². The molecule has 60 valence electrons. The first-order valence-corrected chi connectivity index (χ1v) is 3.94. The van der Waals surface area contributed by atoms with E-state index in [-0.39, 0.29) is 13.0 Å². The maximum absolute atomic E-state index is 10.0. The van der Waals surface area contributed by atoms with E-state index in [4.69, 9.17) is 15.0 Å². The highest BCUT2D eigenvalue weighted by atomic mass is 32.2. The minimum atomic E-state index is -0.891. The molecule has 1 unspecified atom stereocenters. The van der Waals surface area contributed by atoms with Crippen molar-refractivity contribution in [3.05, 3.63) is 0 Å². The van der Waals surface area contributed by atoms with E-state index in [1.54, 1.807) is 6.26 Å². The van der Waals surface area contributed by atoms with Crippen molar-refractivity contribution < 1.29 is 14.1 Å². The second-order valence-corrected chi connectivity index (χ2v) is 2.38. The van der Waals surface area contributed by atoms with Crippen molar-refractivity contribution >= 4 is 18.0 Å². The molecule has 0 heterocycles. The van der Waals surface area contributed by atoms with Crippen LogP contribution in [0.5, 0.6) is 0 Å². The molecule has 0 saturated carbocycles. The highest BCUT2D eigenvalue weighted by molar-refractivity contribution is 7.93. The Kier molecular flexibility index (Phi) is 5.38. The van der Waals surface area contributed by atoms with Gasteiger partial charge in [-0.1, -0.05) is 0 Å². The summed E-state index contributed by atoms with van der Waals surface area (Å²) in [6.45, 7) is 0.285. The zero-order valence-electron chi connectivity index (χ0n) is 5.74. The van der Waals surface area contributed by atoms with Crippen molar-refractivity contribution in [1.29, 1.82) is 0 Å². The van der Waals surface area contributed by atoms with Gasteiger partial charge in [-0.05, 0) is 12.0 Å². The van der Waals surface area contributed by atoms with Crippen molar-refractivity contribution in [3.8, 4) is 0 Å². The lowest BCUT2D eigenvalue weighted by atomic mass is 10.2. The molecule has 0 amide bonds. The van der Waals surface area contributed by atoms with Crippen LogP contribution in [0.15, 0.2) is 0 Å². The van der Waals surface area contributed by atoms with Gasteiger partial charge in [0.25, 0.3) is 0 Å². The van der Waals surface area contributed by atoms with Gasteiger partial charge >= 0.3 is 5.97 Å². The Bertz CT molecular complexity index is 109. The highest BCUT2D eigenvalue weighted by Crippen LogP contribution is 1.97. The minimum Gasteiger partial charge on any atom is -0.481 e. The molecular formula is C5H11NO3S. The average molecular weight is 165 g/mol. The Morgan fingerprint density at radius 2 is 2.50 bits per heavy atom. The van der Waals surface area contributed by atoms with Gasteiger partial charge in [0.1, 0.15) is 0 Å². The SMILES string of the molecule is CSOCC(N)CC(=O)O. The first-order valence-electron chi connectivity index (χ1n) is 2.79. The zero-order chi connectivity index (χ0) is 7.98. The minimum absolute atomic E-state index is 0.0411. The van der Waals surface area contributed by atoms with Crippen molar-refractivity contribution in [2.45, 2.75) is 12.5 Å². The summed E-state index contributed by atoms with van der Waals surface area (Å²) in [6, 6.07) is -0.398. The predicted molar refractivity (Wildman–Crippen MR) is 39.7 cm³/mol. The Morgan fingerprint density at radius 1 is 1.90 bits per heavy atom. The molecule has 3 N–H and O–H groups in total. The third-order valence-electron chi connectivity index (χ3n) is 0.837. The topological polar surface area (TPSA) is 72.5 Å². The summed E-state index contributed by atoms with van der Waals surface area (Å²) in [5.74, 6) is -0.891. The van der Waals surface area contributed by atoms with E-state index in [9.17, 15) is 4.79 Å². The standard InChI is InChI=1S/C5H11NO3S/c1-10-9-3-4(6)2-5(7)8/h4H,2-3,6H2,1H3,(H,7,8). The zero-order valence-corrected chi connectivity index (χ0v) is 6.56. The van der Waals surface area contributed by atoms with Crippen LogP contribution in [0.2, 0.25) is 0 Å². The highest BCUT2D eigenvalue weighted by Gasteiger charge is 2.06. The van der Waals surface area contributed by atoms with Gasteiger partial charge in [0.15, 0.2) is 0 Å². The molecule has 5 heteroatoms. The number of rotatable bonds is 5. The fourth-order valence-electron chi connectivity index (χ4n) is 0.439. The van der Waals surface area contributed by atoms with Crippen LogP contribution in [-0.4, -0.2) is 30.0 Å². The van der Waals surface area contributed by atoms with Crippen molar-refractivity contribution in [2.75, 3.05) is 12.9 Å². The second kappa shape index (κ2) is 5.52. The summed E-state index contributed by atoms with van der Waals surface area (Å²) in [7, 11) is 0. The van der Waals surface area contributed by atoms with E-state index >= 15 is 0 Å². The predicted octanol–water partition coefficient (Wildman–Crippen LogP) is 0.0830. The maximum Gasteiger partial charge on any atom is 0.305 e. The van der Waals surface area contributed by atoms with Gasteiger partial charge in [-0.15, -0.1) is 0 Å². The smallest absolute Gasteiger partial charge is 0.305 e. The lowest BCUT2D eigenvalue weighted by Gasteiger charge is -2.05. The fourth-order valence-corrected chi connectivity index (χ4v) is 0.750. The van der Waals surface area contributed by atoms with Crippen LogP contribution in [0.3, 0.4) is 0 Å². The van der Waals surface area contributed by atoms with Crippen LogP contribution in [0, 0.1) is 0 Å². The quantitative estimate of drug-likeness (QED) is 0.564. The molecule has 0 radical (unpaired) electrons.